The smallest absolute Gasteiger partial charge is 0.380 e. The zero-order chi connectivity index (χ0) is 24.6. The maximum atomic E-state index is 15.0. The first-order valence-corrected chi connectivity index (χ1v) is 10.8. The molecule has 0 bridgehead atoms. The molecule has 0 spiro atoms. The van der Waals surface area contributed by atoms with E-state index in [9.17, 15) is 26.7 Å². The third-order valence-corrected chi connectivity index (χ3v) is 5.91. The molecule has 186 valence electrons. The monoisotopic (exact) mass is 490 g/mol. The van der Waals surface area contributed by atoms with Crippen molar-refractivity contribution in [3.8, 4) is 0 Å². The van der Waals surface area contributed by atoms with Crippen molar-refractivity contribution >= 4 is 5.91 Å². The molecule has 0 aromatic heterocycles. The molecule has 1 fully saturated rings. The van der Waals surface area contributed by atoms with Gasteiger partial charge in [-0.2, -0.15) is 13.2 Å². The zero-order valence-corrected chi connectivity index (χ0v) is 18.3. The molecule has 4 rings (SSSR count). The number of allylic oxidation sites excluding steroid dienone is 2. The molecule has 1 aromatic rings. The molecule has 3 aliphatic rings. The number of ether oxygens (including phenoxy) is 1. The van der Waals surface area contributed by atoms with Gasteiger partial charge in [-0.05, 0) is 37.1 Å². The van der Waals surface area contributed by atoms with E-state index in [0.717, 1.165) is 6.07 Å². The second-order valence-electron chi connectivity index (χ2n) is 8.33. The summed E-state index contributed by atoms with van der Waals surface area (Å²) in [5.41, 5.74) is 0.499. The van der Waals surface area contributed by atoms with Gasteiger partial charge < -0.3 is 25.2 Å². The van der Waals surface area contributed by atoms with Gasteiger partial charge in [0.2, 0.25) is 0 Å². The maximum Gasteiger partial charge on any atom is 0.427 e. The van der Waals surface area contributed by atoms with E-state index >= 15 is 4.39 Å². The highest BCUT2D eigenvalue weighted by Crippen LogP contribution is 2.40. The molecular weight excluding hydrogens is 466 g/mol. The number of benzene rings is 1. The second kappa shape index (κ2) is 9.40. The van der Waals surface area contributed by atoms with Gasteiger partial charge in [0, 0.05) is 25.4 Å². The Hall–Kier alpha value is -2.89. The normalized spacial score (nSPS) is 23.4. The second-order valence-corrected chi connectivity index (χ2v) is 8.33. The van der Waals surface area contributed by atoms with E-state index in [-0.39, 0.29) is 22.5 Å². The Bertz CT molecular complexity index is 1000. The van der Waals surface area contributed by atoms with E-state index in [2.05, 4.69) is 10.6 Å². The van der Waals surface area contributed by atoms with Crippen LogP contribution >= 0.6 is 0 Å². The fourth-order valence-electron chi connectivity index (χ4n) is 4.40. The molecule has 2 atom stereocenters. The summed E-state index contributed by atoms with van der Waals surface area (Å²) >= 11 is 0. The van der Waals surface area contributed by atoms with Crippen LogP contribution in [-0.4, -0.2) is 67.3 Å². The van der Waals surface area contributed by atoms with E-state index < -0.39 is 43.1 Å². The predicted molar refractivity (Wildman–Crippen MR) is 110 cm³/mol. The quantitative estimate of drug-likeness (QED) is 0.633. The highest BCUT2D eigenvalue weighted by atomic mass is 19.4. The van der Waals surface area contributed by atoms with Gasteiger partial charge >= 0.3 is 6.18 Å². The van der Waals surface area contributed by atoms with Gasteiger partial charge in [-0.25, -0.2) is 13.2 Å². The molecule has 3 aliphatic heterocycles. The fourth-order valence-corrected chi connectivity index (χ4v) is 4.40. The molecule has 1 aromatic carbocycles. The number of nitrogens with one attached hydrogen (secondary N) is 2. The first-order valence-electron chi connectivity index (χ1n) is 10.8. The Morgan fingerprint density at radius 3 is 2.65 bits per heavy atom. The fraction of sp³-hybridized carbons (Fsp3) is 0.500. The summed E-state index contributed by atoms with van der Waals surface area (Å²) in [6, 6.07) is 2.88. The van der Waals surface area contributed by atoms with Crippen molar-refractivity contribution in [2.45, 2.75) is 38.2 Å². The highest BCUT2D eigenvalue weighted by molar-refractivity contribution is 5.94. The number of halogens is 6. The number of rotatable bonds is 4. The van der Waals surface area contributed by atoms with Crippen LogP contribution in [0.15, 0.2) is 41.4 Å². The lowest BCUT2D eigenvalue weighted by atomic mass is 9.97. The van der Waals surface area contributed by atoms with Crippen LogP contribution < -0.4 is 10.6 Å². The van der Waals surface area contributed by atoms with Gasteiger partial charge in [-0.15, -0.1) is 0 Å². The average molecular weight is 490 g/mol. The van der Waals surface area contributed by atoms with Crippen molar-refractivity contribution in [2.24, 2.45) is 0 Å². The van der Waals surface area contributed by atoms with Crippen molar-refractivity contribution < 1.29 is 35.9 Å². The lowest BCUT2D eigenvalue weighted by molar-refractivity contribution is -0.183. The van der Waals surface area contributed by atoms with E-state index in [1.165, 1.54) is 23.1 Å². The standard InChI is InChI=1S/C22H24F6N4O2/c1-12-9-16-19(30-21(22(26,27)28)32(16)11-17(24)25)18(29-12)13-3-4-14(15(23)10-13)20(33)31-5-2-7-34-8-6-31/h3-4,9-10,17-18,21,29-30H,2,5-8,11H2,1H3. The topological polar surface area (TPSA) is 56.8 Å². The highest BCUT2D eigenvalue weighted by Gasteiger charge is 2.51. The number of amides is 1. The lowest BCUT2D eigenvalue weighted by Crippen LogP contribution is -2.50. The first-order chi connectivity index (χ1) is 16.1. The Morgan fingerprint density at radius 2 is 1.97 bits per heavy atom. The predicted octanol–water partition coefficient (Wildman–Crippen LogP) is 3.51. The third kappa shape index (κ3) is 4.82. The first kappa shape index (κ1) is 24.2. The Labute approximate surface area is 192 Å². The summed E-state index contributed by atoms with van der Waals surface area (Å²) in [4.78, 5) is 14.8. The van der Waals surface area contributed by atoms with Crippen LogP contribution in [-0.2, 0) is 4.74 Å². The van der Waals surface area contributed by atoms with Gasteiger partial charge in [0.15, 0.2) is 6.17 Å². The average Bonchev–Trinajstić information content (AvgIpc) is 2.94. The number of nitrogens with zero attached hydrogens (tertiary/aromatic N) is 2. The van der Waals surface area contributed by atoms with Crippen LogP contribution in [0.2, 0.25) is 0 Å². The summed E-state index contributed by atoms with van der Waals surface area (Å²) in [5.74, 6) is -1.32. The largest absolute Gasteiger partial charge is 0.427 e. The van der Waals surface area contributed by atoms with E-state index in [0.29, 0.717) is 43.3 Å². The summed E-state index contributed by atoms with van der Waals surface area (Å²) in [6.45, 7) is 2.07. The molecule has 1 saturated heterocycles. The van der Waals surface area contributed by atoms with Crippen LogP contribution in [0.1, 0.15) is 35.3 Å². The SMILES string of the molecule is CC1=CC2=C(NC(C(F)(F)F)N2CC(F)F)C(c2ccc(C(=O)N3CCCOCC3)c(F)c2)N1. The number of carbonyl (C=O) groups excluding carboxylic acids is 1. The number of hydrogen-bond acceptors (Lipinski definition) is 5. The Kier molecular flexibility index (Phi) is 6.70. The maximum absolute atomic E-state index is 15.0. The van der Waals surface area contributed by atoms with E-state index in [1.807, 2.05) is 0 Å². The van der Waals surface area contributed by atoms with Crippen molar-refractivity contribution in [3.63, 3.8) is 0 Å². The van der Waals surface area contributed by atoms with Crippen molar-refractivity contribution in [3.05, 3.63) is 58.3 Å². The number of alkyl halides is 5. The number of hydrogen-bond donors (Lipinski definition) is 2. The Balaban J connectivity index is 1.64. The molecule has 0 aliphatic carbocycles. The minimum atomic E-state index is -4.82. The summed E-state index contributed by atoms with van der Waals surface area (Å²) < 4.78 is 87.3. The molecule has 0 radical (unpaired) electrons. The van der Waals surface area contributed by atoms with Crippen molar-refractivity contribution in [1.29, 1.82) is 0 Å². The molecule has 34 heavy (non-hydrogen) atoms. The Morgan fingerprint density at radius 1 is 1.21 bits per heavy atom. The number of dihydropyridines is 1. The molecule has 12 heteroatoms. The molecule has 3 heterocycles. The van der Waals surface area contributed by atoms with Crippen LogP contribution in [0, 0.1) is 5.82 Å². The van der Waals surface area contributed by atoms with Crippen LogP contribution in [0.5, 0.6) is 0 Å². The molecule has 0 saturated carbocycles. The summed E-state index contributed by atoms with van der Waals surface area (Å²) in [7, 11) is 0. The van der Waals surface area contributed by atoms with E-state index in [1.54, 1.807) is 6.92 Å². The van der Waals surface area contributed by atoms with Crippen molar-refractivity contribution in [2.75, 3.05) is 32.8 Å². The van der Waals surface area contributed by atoms with Gasteiger partial charge in [-0.3, -0.25) is 4.79 Å². The summed E-state index contributed by atoms with van der Waals surface area (Å²) in [6.07, 6.45) is -8.18. The van der Waals surface area contributed by atoms with Crippen molar-refractivity contribution in [1.82, 2.24) is 20.4 Å². The minimum Gasteiger partial charge on any atom is -0.380 e. The molecule has 2 unspecified atom stereocenters. The molecular formula is C22H24F6N4O2. The van der Waals surface area contributed by atoms with Crippen LogP contribution in [0.4, 0.5) is 26.3 Å². The third-order valence-electron chi connectivity index (χ3n) is 5.91. The van der Waals surface area contributed by atoms with Gasteiger partial charge in [0.25, 0.3) is 12.3 Å². The van der Waals surface area contributed by atoms with Gasteiger partial charge in [-0.1, -0.05) is 6.07 Å². The molecule has 6 nitrogen and oxygen atoms in total. The lowest BCUT2D eigenvalue weighted by Gasteiger charge is -2.29. The summed E-state index contributed by atoms with van der Waals surface area (Å²) in [5, 5.41) is 5.28. The van der Waals surface area contributed by atoms with E-state index in [4.69, 9.17) is 4.74 Å². The van der Waals surface area contributed by atoms with Gasteiger partial charge in [0.1, 0.15) is 5.82 Å². The molecule has 2 N–H and O–H groups in total. The number of carbonyl (C=O) groups is 1. The molecule has 1 amide bonds. The van der Waals surface area contributed by atoms with Crippen LogP contribution in [0.25, 0.3) is 0 Å². The van der Waals surface area contributed by atoms with Crippen LogP contribution in [0.3, 0.4) is 0 Å². The zero-order valence-electron chi connectivity index (χ0n) is 18.3. The minimum absolute atomic E-state index is 0.0109. The van der Waals surface area contributed by atoms with Gasteiger partial charge in [0.05, 0.1) is 36.2 Å².